The van der Waals surface area contributed by atoms with Gasteiger partial charge in [0.2, 0.25) is 0 Å². The SMILES string of the molecule is OC[C@H](NCc1cc(Cl)cc(Cl)c1O)c1ccccc1. The van der Waals surface area contributed by atoms with E-state index in [0.717, 1.165) is 5.56 Å². The first-order valence-corrected chi connectivity index (χ1v) is 6.93. The Morgan fingerprint density at radius 2 is 1.80 bits per heavy atom. The lowest BCUT2D eigenvalue weighted by atomic mass is 10.1. The number of aliphatic hydroxyl groups excluding tert-OH is 1. The largest absolute Gasteiger partial charge is 0.506 e. The molecule has 0 aliphatic carbocycles. The van der Waals surface area contributed by atoms with E-state index in [1.807, 2.05) is 30.3 Å². The van der Waals surface area contributed by atoms with Gasteiger partial charge >= 0.3 is 0 Å². The molecule has 0 saturated carbocycles. The fourth-order valence-electron chi connectivity index (χ4n) is 1.96. The van der Waals surface area contributed by atoms with Gasteiger partial charge in [-0.15, -0.1) is 0 Å². The van der Waals surface area contributed by atoms with Crippen LogP contribution in [-0.2, 0) is 6.54 Å². The molecule has 2 aromatic carbocycles. The molecule has 2 aromatic rings. The van der Waals surface area contributed by atoms with Crippen LogP contribution in [0.1, 0.15) is 17.2 Å². The Kier molecular flexibility index (Phi) is 5.26. The second-order valence-corrected chi connectivity index (χ2v) is 5.27. The molecule has 20 heavy (non-hydrogen) atoms. The van der Waals surface area contributed by atoms with E-state index in [1.165, 1.54) is 6.07 Å². The Labute approximate surface area is 127 Å². The van der Waals surface area contributed by atoms with Crippen LogP contribution >= 0.6 is 23.2 Å². The van der Waals surface area contributed by atoms with Gasteiger partial charge < -0.3 is 15.5 Å². The van der Waals surface area contributed by atoms with Crippen LogP contribution in [0.4, 0.5) is 0 Å². The Bertz CT molecular complexity index is 576. The summed E-state index contributed by atoms with van der Waals surface area (Å²) in [5, 5.41) is 23.2. The first-order chi connectivity index (χ1) is 9.61. The summed E-state index contributed by atoms with van der Waals surface area (Å²) in [5.41, 5.74) is 1.57. The van der Waals surface area contributed by atoms with Crippen LogP contribution in [0.2, 0.25) is 10.0 Å². The van der Waals surface area contributed by atoms with Crippen molar-refractivity contribution < 1.29 is 10.2 Å². The van der Waals surface area contributed by atoms with E-state index in [4.69, 9.17) is 23.2 Å². The van der Waals surface area contributed by atoms with Gasteiger partial charge in [-0.2, -0.15) is 0 Å². The topological polar surface area (TPSA) is 52.5 Å². The highest BCUT2D eigenvalue weighted by molar-refractivity contribution is 6.35. The van der Waals surface area contributed by atoms with Crippen molar-refractivity contribution in [2.75, 3.05) is 6.61 Å². The van der Waals surface area contributed by atoms with Crippen molar-refractivity contribution in [2.24, 2.45) is 0 Å². The minimum absolute atomic E-state index is 0.00770. The number of aliphatic hydroxyl groups is 1. The summed E-state index contributed by atoms with van der Waals surface area (Å²) in [5.74, 6) is 0.00770. The Morgan fingerprint density at radius 1 is 1.10 bits per heavy atom. The summed E-state index contributed by atoms with van der Waals surface area (Å²) < 4.78 is 0. The number of hydrogen-bond donors (Lipinski definition) is 3. The lowest BCUT2D eigenvalue weighted by molar-refractivity contribution is 0.243. The molecule has 3 nitrogen and oxygen atoms in total. The van der Waals surface area contributed by atoms with E-state index in [1.54, 1.807) is 6.07 Å². The molecule has 0 aromatic heterocycles. The van der Waals surface area contributed by atoms with Crippen LogP contribution in [0.25, 0.3) is 0 Å². The average Bonchev–Trinajstić information content (AvgIpc) is 2.45. The molecule has 0 unspecified atom stereocenters. The third-order valence-corrected chi connectivity index (χ3v) is 3.54. The molecule has 0 aliphatic rings. The third-order valence-electron chi connectivity index (χ3n) is 3.03. The van der Waals surface area contributed by atoms with Gasteiger partial charge in [0.1, 0.15) is 5.75 Å². The number of phenolic OH excluding ortho intramolecular Hbond substituents is 1. The maximum absolute atomic E-state index is 9.89. The molecular formula is C15H15Cl2NO2. The molecule has 0 amide bonds. The van der Waals surface area contributed by atoms with Crippen molar-refractivity contribution in [1.29, 1.82) is 0 Å². The number of rotatable bonds is 5. The highest BCUT2D eigenvalue weighted by atomic mass is 35.5. The van der Waals surface area contributed by atoms with E-state index < -0.39 is 0 Å². The summed E-state index contributed by atoms with van der Waals surface area (Å²) in [6, 6.07) is 12.5. The van der Waals surface area contributed by atoms with Crippen LogP contribution in [0, 0.1) is 0 Å². The fraction of sp³-hybridized carbons (Fsp3) is 0.200. The summed E-state index contributed by atoms with van der Waals surface area (Å²) >= 11 is 11.8. The summed E-state index contributed by atoms with van der Waals surface area (Å²) in [6.45, 7) is 0.311. The smallest absolute Gasteiger partial charge is 0.138 e. The molecule has 0 bridgehead atoms. The zero-order chi connectivity index (χ0) is 14.5. The van der Waals surface area contributed by atoms with Crippen LogP contribution in [0.3, 0.4) is 0 Å². The number of hydrogen-bond acceptors (Lipinski definition) is 3. The van der Waals surface area contributed by atoms with Gasteiger partial charge in [0.25, 0.3) is 0 Å². The lowest BCUT2D eigenvalue weighted by Crippen LogP contribution is -2.24. The minimum Gasteiger partial charge on any atom is -0.506 e. The van der Waals surface area contributed by atoms with Crippen molar-refractivity contribution in [3.8, 4) is 5.75 Å². The van der Waals surface area contributed by atoms with Crippen molar-refractivity contribution >= 4 is 23.2 Å². The van der Waals surface area contributed by atoms with Gasteiger partial charge in [0, 0.05) is 17.1 Å². The Morgan fingerprint density at radius 3 is 2.45 bits per heavy atom. The first-order valence-electron chi connectivity index (χ1n) is 6.18. The van der Waals surface area contributed by atoms with E-state index in [2.05, 4.69) is 5.32 Å². The van der Waals surface area contributed by atoms with Gasteiger partial charge in [-0.3, -0.25) is 0 Å². The van der Waals surface area contributed by atoms with E-state index in [9.17, 15) is 10.2 Å². The predicted molar refractivity (Wildman–Crippen MR) is 81.2 cm³/mol. The fourth-order valence-corrected chi connectivity index (χ4v) is 2.50. The number of nitrogens with one attached hydrogen (secondary N) is 1. The van der Waals surface area contributed by atoms with Gasteiger partial charge in [-0.1, -0.05) is 53.5 Å². The summed E-state index contributed by atoms with van der Waals surface area (Å²) in [6.07, 6.45) is 0. The molecule has 0 heterocycles. The van der Waals surface area contributed by atoms with Gasteiger partial charge in [-0.25, -0.2) is 0 Å². The number of phenols is 1. The molecule has 1 atom stereocenters. The molecule has 0 saturated heterocycles. The van der Waals surface area contributed by atoms with Crippen molar-refractivity contribution in [3.63, 3.8) is 0 Å². The Balaban J connectivity index is 2.11. The van der Waals surface area contributed by atoms with Crippen LogP contribution < -0.4 is 5.32 Å². The minimum atomic E-state index is -0.214. The second-order valence-electron chi connectivity index (χ2n) is 4.42. The first kappa shape index (κ1) is 15.1. The molecule has 3 N–H and O–H groups in total. The number of benzene rings is 2. The molecule has 0 fully saturated rings. The van der Waals surface area contributed by atoms with E-state index >= 15 is 0 Å². The summed E-state index contributed by atoms with van der Waals surface area (Å²) in [4.78, 5) is 0. The van der Waals surface area contributed by atoms with Crippen molar-refractivity contribution in [3.05, 3.63) is 63.6 Å². The molecule has 0 radical (unpaired) electrons. The standard InChI is InChI=1S/C15H15Cl2NO2/c16-12-6-11(15(20)13(17)7-12)8-18-14(9-19)10-4-2-1-3-5-10/h1-7,14,18-20H,8-9H2/t14-/m0/s1. The highest BCUT2D eigenvalue weighted by Gasteiger charge is 2.12. The maximum Gasteiger partial charge on any atom is 0.138 e. The average molecular weight is 312 g/mol. The van der Waals surface area contributed by atoms with Crippen molar-refractivity contribution in [1.82, 2.24) is 5.32 Å². The highest BCUT2D eigenvalue weighted by Crippen LogP contribution is 2.31. The zero-order valence-electron chi connectivity index (χ0n) is 10.7. The predicted octanol–water partition coefficient (Wildman–Crippen LogP) is 3.52. The Hall–Kier alpha value is -1.26. The van der Waals surface area contributed by atoms with Gasteiger partial charge in [0.05, 0.1) is 17.7 Å². The van der Waals surface area contributed by atoms with E-state index in [-0.39, 0.29) is 23.4 Å². The zero-order valence-corrected chi connectivity index (χ0v) is 12.2. The van der Waals surface area contributed by atoms with E-state index in [0.29, 0.717) is 17.1 Å². The van der Waals surface area contributed by atoms with Crippen LogP contribution in [0.15, 0.2) is 42.5 Å². The van der Waals surface area contributed by atoms with Crippen LogP contribution in [0.5, 0.6) is 5.75 Å². The summed E-state index contributed by atoms with van der Waals surface area (Å²) in [7, 11) is 0. The van der Waals surface area contributed by atoms with Gasteiger partial charge in [0.15, 0.2) is 0 Å². The maximum atomic E-state index is 9.89. The van der Waals surface area contributed by atoms with Crippen molar-refractivity contribution in [2.45, 2.75) is 12.6 Å². The molecule has 0 aliphatic heterocycles. The number of halogens is 2. The van der Waals surface area contributed by atoms with Gasteiger partial charge in [-0.05, 0) is 17.7 Å². The molecule has 5 heteroatoms. The third kappa shape index (κ3) is 3.64. The molecule has 2 rings (SSSR count). The monoisotopic (exact) mass is 311 g/mol. The molecule has 106 valence electrons. The van der Waals surface area contributed by atoms with Crippen LogP contribution in [-0.4, -0.2) is 16.8 Å². The second kappa shape index (κ2) is 6.95. The lowest BCUT2D eigenvalue weighted by Gasteiger charge is -2.17. The quantitative estimate of drug-likeness (QED) is 0.792. The molecular weight excluding hydrogens is 297 g/mol. The molecule has 0 spiro atoms. The number of aromatic hydroxyl groups is 1. The normalized spacial score (nSPS) is 12.3.